The van der Waals surface area contributed by atoms with E-state index in [2.05, 4.69) is 22.9 Å². The Morgan fingerprint density at radius 3 is 2.05 bits per heavy atom. The number of esters is 2. The number of fused-ring (bicyclic) bond motifs is 1. The normalized spacial score (nSPS) is 25.3. The maximum Gasteiger partial charge on any atom is 1.00 e. The van der Waals surface area contributed by atoms with Crippen molar-refractivity contribution in [3.63, 3.8) is 0 Å². The van der Waals surface area contributed by atoms with Crippen LogP contribution in [0.15, 0.2) is 0 Å². The third kappa shape index (κ3) is 21.5. The third-order valence-electron chi connectivity index (χ3n) is 10.6. The fourth-order valence-corrected chi connectivity index (χ4v) is 9.62. The molecule has 0 aromatic rings. The minimum absolute atomic E-state index is 0. The van der Waals surface area contributed by atoms with Gasteiger partial charge in [0.05, 0.1) is 41.2 Å². The largest absolute Gasteiger partial charge is 1.00 e. The van der Waals surface area contributed by atoms with Gasteiger partial charge in [0.15, 0.2) is 12.4 Å². The number of thioether (sulfide) groups is 1. The number of carbonyl (C=O) groups is 4. The first kappa shape index (κ1) is 52.9. The van der Waals surface area contributed by atoms with Gasteiger partial charge in [-0.05, 0) is 19.3 Å². The molecule has 3 aliphatic heterocycles. The molecule has 0 unspecified atom stereocenters. The second-order valence-electron chi connectivity index (χ2n) is 15.5. The molecule has 8 atom stereocenters. The van der Waals surface area contributed by atoms with Gasteiger partial charge in [-0.3, -0.25) is 14.4 Å². The first-order valence-corrected chi connectivity index (χ1v) is 23.9. The quantitative estimate of drug-likeness (QED) is 0.0215. The Kier molecular flexibility index (Phi) is 27.3. The van der Waals surface area contributed by atoms with Crippen LogP contribution in [0.4, 0.5) is 4.79 Å². The first-order chi connectivity index (χ1) is 27.4. The Bertz CT molecular complexity index is 1320. The van der Waals surface area contributed by atoms with E-state index in [0.717, 1.165) is 37.9 Å². The molecular weight excluding hydrogens is 806 g/mol. The minimum Gasteiger partial charge on any atom is -0.748 e. The van der Waals surface area contributed by atoms with Gasteiger partial charge in [0, 0.05) is 30.3 Å². The average molecular weight is 874 g/mol. The van der Waals surface area contributed by atoms with Crippen molar-refractivity contribution >= 4 is 45.8 Å². The van der Waals surface area contributed by atoms with E-state index in [1.54, 1.807) is 11.8 Å². The number of amides is 3. The van der Waals surface area contributed by atoms with Gasteiger partial charge >= 0.3 is 47.5 Å². The number of hydrogen-bond donors (Lipinski definition) is 5. The molecule has 19 heteroatoms. The number of urea groups is 1. The van der Waals surface area contributed by atoms with Gasteiger partial charge in [0.1, 0.15) is 24.9 Å². The molecule has 3 saturated heterocycles. The van der Waals surface area contributed by atoms with Gasteiger partial charge in [0.2, 0.25) is 5.91 Å². The van der Waals surface area contributed by atoms with Crippen molar-refractivity contribution < 1.29 is 90.9 Å². The molecule has 16 nitrogen and oxygen atoms in total. The molecule has 58 heavy (non-hydrogen) atoms. The molecule has 0 bridgehead atoms. The zero-order valence-electron chi connectivity index (χ0n) is 34.7. The van der Waals surface area contributed by atoms with Gasteiger partial charge < -0.3 is 49.7 Å². The van der Waals surface area contributed by atoms with Crippen LogP contribution in [0.5, 0.6) is 0 Å². The van der Waals surface area contributed by atoms with Gasteiger partial charge in [-0.1, -0.05) is 103 Å². The maximum atomic E-state index is 12.6. The fourth-order valence-electron chi connectivity index (χ4n) is 7.41. The summed E-state index contributed by atoms with van der Waals surface area (Å²) in [7, 11) is -4.94. The Morgan fingerprint density at radius 2 is 1.43 bits per heavy atom. The van der Waals surface area contributed by atoms with Crippen molar-refractivity contribution in [3.05, 3.63) is 0 Å². The van der Waals surface area contributed by atoms with Crippen LogP contribution in [0, 0.1) is 0 Å². The fraction of sp³-hybridized carbons (Fsp3) is 0.897. The van der Waals surface area contributed by atoms with Crippen LogP contribution in [0.2, 0.25) is 0 Å². The van der Waals surface area contributed by atoms with E-state index in [1.807, 2.05) is 0 Å². The molecule has 0 aromatic carbocycles. The van der Waals surface area contributed by atoms with Crippen molar-refractivity contribution in [2.75, 3.05) is 31.3 Å². The standard InChI is InChI=1S/C39H69N3O13S2.Na/c1-2-3-4-5-6-7-8-9-10-11-12-13-14-15-16-22-32(44)52-23-19-24-53-38-36(47)35(46)37(29(54-38)27-57(49,50)51)55-33(45)25-40-31(43)21-18-17-20-30-34-28(26-56-30)41-39(48)42-34;/h28-30,34-38,46-47H,2-27H2,1H3,(H,40,43)(H2,41,42,48)(H,49,50,51);/q;+1/p-1/t28-,29+,30-,34-,35+,36+,37+,38-;/m0./s1. The van der Waals surface area contributed by atoms with Gasteiger partial charge in [-0.2, -0.15) is 11.8 Å². The monoisotopic (exact) mass is 873 g/mol. The summed E-state index contributed by atoms with van der Waals surface area (Å²) in [6.45, 7) is 1.58. The predicted octanol–water partition coefficient (Wildman–Crippen LogP) is 0.948. The number of aliphatic hydroxyl groups is 2. The van der Waals surface area contributed by atoms with E-state index >= 15 is 0 Å². The van der Waals surface area contributed by atoms with Crippen LogP contribution in [0.25, 0.3) is 0 Å². The number of unbranched alkanes of at least 4 members (excludes halogenated alkanes) is 15. The van der Waals surface area contributed by atoms with Crippen LogP contribution < -0.4 is 45.5 Å². The minimum atomic E-state index is -4.94. The summed E-state index contributed by atoms with van der Waals surface area (Å²) in [6.07, 6.45) is 12.6. The van der Waals surface area contributed by atoms with Gasteiger partial charge in [0.25, 0.3) is 0 Å². The summed E-state index contributed by atoms with van der Waals surface area (Å²) < 4.78 is 56.2. The van der Waals surface area contributed by atoms with Crippen LogP contribution in [0.1, 0.15) is 142 Å². The molecule has 3 aliphatic rings. The van der Waals surface area contributed by atoms with Crippen LogP contribution >= 0.6 is 11.8 Å². The molecule has 0 spiro atoms. The molecule has 3 heterocycles. The molecule has 0 radical (unpaired) electrons. The van der Waals surface area contributed by atoms with Crippen molar-refractivity contribution in [2.24, 2.45) is 0 Å². The van der Waals surface area contributed by atoms with Gasteiger partial charge in [-0.15, -0.1) is 0 Å². The SMILES string of the molecule is CCCCCCCCCCCCCCCCCC(=O)OCCCO[C@H]1O[C@H](CS(=O)(=O)[O-])[C@@H](OC(=O)CNC(=O)CCCC[C@@H]2SC[C@@H]3NC(=O)N[C@@H]32)[C@H](O)[C@H]1O.[Na+]. The van der Waals surface area contributed by atoms with E-state index < -0.39 is 65.0 Å². The summed E-state index contributed by atoms with van der Waals surface area (Å²) in [6, 6.07) is 0.0220. The van der Waals surface area contributed by atoms with E-state index in [9.17, 15) is 42.4 Å². The summed E-state index contributed by atoms with van der Waals surface area (Å²) in [5.41, 5.74) is 0. The third-order valence-corrected chi connectivity index (χ3v) is 12.9. The number of aliphatic hydroxyl groups excluding tert-OH is 2. The summed E-state index contributed by atoms with van der Waals surface area (Å²) in [4.78, 5) is 48.6. The Balaban J connectivity index is 0.0000116. The Hall–Kier alpha value is -1.22. The molecular formula is C39H68N3NaO13S2. The number of nitrogens with one attached hydrogen (secondary N) is 3. The molecule has 330 valence electrons. The topological polar surface area (TPSA) is 239 Å². The molecule has 3 fully saturated rings. The molecule has 0 aliphatic carbocycles. The average Bonchev–Trinajstić information content (AvgIpc) is 3.72. The van der Waals surface area contributed by atoms with E-state index in [-0.39, 0.29) is 84.9 Å². The number of hydrogen-bond acceptors (Lipinski definition) is 14. The van der Waals surface area contributed by atoms with E-state index in [4.69, 9.17) is 18.9 Å². The van der Waals surface area contributed by atoms with Gasteiger partial charge in [-0.25, -0.2) is 13.2 Å². The van der Waals surface area contributed by atoms with Crippen molar-refractivity contribution in [2.45, 2.75) is 190 Å². The smallest absolute Gasteiger partial charge is 0.748 e. The van der Waals surface area contributed by atoms with Crippen LogP contribution in [-0.2, 0) is 43.4 Å². The second-order valence-corrected chi connectivity index (χ2v) is 18.2. The van der Waals surface area contributed by atoms with Crippen LogP contribution in [0.3, 0.4) is 0 Å². The van der Waals surface area contributed by atoms with Crippen molar-refractivity contribution in [1.82, 2.24) is 16.0 Å². The predicted molar refractivity (Wildman–Crippen MR) is 213 cm³/mol. The van der Waals surface area contributed by atoms with Crippen LogP contribution in [-0.4, -0.2) is 126 Å². The molecule has 3 amide bonds. The number of ether oxygens (including phenoxy) is 4. The molecule has 3 rings (SSSR count). The number of carbonyl (C=O) groups excluding carboxylic acids is 4. The number of rotatable bonds is 31. The molecule has 0 saturated carbocycles. The Morgan fingerprint density at radius 1 is 0.828 bits per heavy atom. The van der Waals surface area contributed by atoms with Crippen molar-refractivity contribution in [1.29, 1.82) is 0 Å². The molecule has 5 N–H and O–H groups in total. The maximum absolute atomic E-state index is 12.6. The zero-order valence-corrected chi connectivity index (χ0v) is 38.3. The summed E-state index contributed by atoms with van der Waals surface area (Å²) in [5, 5.41) is 29.8. The summed E-state index contributed by atoms with van der Waals surface area (Å²) in [5.74, 6) is -2.14. The first-order valence-electron chi connectivity index (χ1n) is 21.2. The van der Waals surface area contributed by atoms with E-state index in [1.165, 1.54) is 77.0 Å². The molecule has 0 aromatic heterocycles. The second kappa shape index (κ2) is 29.9. The summed E-state index contributed by atoms with van der Waals surface area (Å²) >= 11 is 1.77. The van der Waals surface area contributed by atoms with E-state index in [0.29, 0.717) is 12.8 Å². The Labute approximate surface area is 371 Å². The van der Waals surface area contributed by atoms with Crippen molar-refractivity contribution in [3.8, 4) is 0 Å². The zero-order chi connectivity index (χ0) is 41.5.